The van der Waals surface area contributed by atoms with Crippen molar-refractivity contribution in [2.75, 3.05) is 6.54 Å². The molecule has 1 amide bonds. The molecule has 1 heterocycles. The number of unbranched alkanes of at least 4 members (excludes halogenated alkanes) is 1. The lowest BCUT2D eigenvalue weighted by atomic mass is 9.89. The van der Waals surface area contributed by atoms with Crippen LogP contribution in [0.15, 0.2) is 18.2 Å². The number of rotatable bonds is 9. The van der Waals surface area contributed by atoms with Crippen LogP contribution in [-0.2, 0) is 17.8 Å². The second-order valence-corrected chi connectivity index (χ2v) is 7.55. The first kappa shape index (κ1) is 19.6. The van der Waals surface area contributed by atoms with Gasteiger partial charge in [0, 0.05) is 34.6 Å². The maximum Gasteiger partial charge on any atom is 0.234 e. The van der Waals surface area contributed by atoms with E-state index in [0.29, 0.717) is 19.0 Å². The van der Waals surface area contributed by atoms with Crippen LogP contribution in [0.5, 0.6) is 0 Å². The van der Waals surface area contributed by atoms with E-state index in [2.05, 4.69) is 44.3 Å². The minimum absolute atomic E-state index is 0.00924. The number of nitrogens with one attached hydrogen (secondary N) is 1. The van der Waals surface area contributed by atoms with Gasteiger partial charge in [0.05, 0.1) is 6.04 Å². The van der Waals surface area contributed by atoms with Crippen molar-refractivity contribution in [1.29, 1.82) is 0 Å². The average molecular weight is 346 g/mol. The first-order chi connectivity index (χ1) is 11.9. The van der Waals surface area contributed by atoms with Gasteiger partial charge in [-0.05, 0) is 29.9 Å². The van der Waals surface area contributed by atoms with Gasteiger partial charge in [-0.1, -0.05) is 45.4 Å². The number of nitrogens with two attached hydrogens (primary N) is 1. The van der Waals surface area contributed by atoms with Crippen molar-refractivity contribution >= 4 is 5.91 Å². The molecule has 1 aliphatic heterocycles. The second-order valence-electron chi connectivity index (χ2n) is 7.55. The standard InChI is InChI=1S/C20H31N3O2/c1-4-5-6-19-17-8-7-15(12-16(17)9-10-23(19)25)13-22-18(20(21)24)11-14(2)3/h7-8,12,14,18-19,22H,4-6,9-11,13H2,1-3H3,(H-,21,24)/p+1. The highest BCUT2D eigenvalue weighted by Crippen LogP contribution is 2.31. The van der Waals surface area contributed by atoms with Crippen LogP contribution in [0.3, 0.4) is 0 Å². The average Bonchev–Trinajstić information content (AvgIpc) is 2.57. The number of nitroso groups, excluding NO2 is 1. The van der Waals surface area contributed by atoms with Crippen LogP contribution in [-0.4, -0.2) is 23.3 Å². The lowest BCUT2D eigenvalue weighted by molar-refractivity contribution is -0.597. The minimum Gasteiger partial charge on any atom is -0.368 e. The molecule has 2 unspecified atom stereocenters. The zero-order valence-electron chi connectivity index (χ0n) is 15.8. The van der Waals surface area contributed by atoms with Crippen molar-refractivity contribution in [2.24, 2.45) is 11.7 Å². The molecule has 2 rings (SSSR count). The van der Waals surface area contributed by atoms with Crippen molar-refractivity contribution in [2.45, 2.75) is 71.5 Å². The van der Waals surface area contributed by atoms with Crippen LogP contribution in [0.4, 0.5) is 0 Å². The zero-order chi connectivity index (χ0) is 18.4. The highest BCUT2D eigenvalue weighted by atomic mass is 16.3. The Hall–Kier alpha value is -1.75. The molecular formula is C20H32N3O2+. The Labute approximate surface area is 150 Å². The number of amides is 1. The summed E-state index contributed by atoms with van der Waals surface area (Å²) in [6.07, 6.45) is 4.63. The maximum atomic E-state index is 12.2. The molecule has 1 aliphatic rings. The summed E-state index contributed by atoms with van der Waals surface area (Å²) < 4.78 is 1.24. The molecule has 1 aromatic rings. The van der Waals surface area contributed by atoms with E-state index in [1.807, 2.05) is 0 Å². The molecule has 0 fully saturated rings. The van der Waals surface area contributed by atoms with Gasteiger partial charge in [0.15, 0.2) is 6.54 Å². The SMILES string of the molecule is CCCCC1c2ccc(CNC(CC(C)C)C(N)=O)cc2CC[N+]1=O. The van der Waals surface area contributed by atoms with Crippen LogP contribution >= 0.6 is 0 Å². The van der Waals surface area contributed by atoms with Crippen molar-refractivity contribution in [3.8, 4) is 0 Å². The van der Waals surface area contributed by atoms with E-state index in [1.54, 1.807) is 0 Å². The van der Waals surface area contributed by atoms with Crippen molar-refractivity contribution in [1.82, 2.24) is 5.32 Å². The molecule has 138 valence electrons. The molecular weight excluding hydrogens is 314 g/mol. The van der Waals surface area contributed by atoms with Crippen molar-refractivity contribution in [3.63, 3.8) is 0 Å². The van der Waals surface area contributed by atoms with Crippen LogP contribution in [0.1, 0.15) is 69.2 Å². The number of nitrogens with zero attached hydrogens (tertiary/aromatic N) is 1. The molecule has 25 heavy (non-hydrogen) atoms. The monoisotopic (exact) mass is 346 g/mol. The Bertz CT molecular complexity index is 613. The number of carbonyl (C=O) groups is 1. The summed E-state index contributed by atoms with van der Waals surface area (Å²) in [6, 6.07) is 6.04. The summed E-state index contributed by atoms with van der Waals surface area (Å²) in [5.41, 5.74) is 9.08. The first-order valence-electron chi connectivity index (χ1n) is 9.50. The molecule has 5 nitrogen and oxygen atoms in total. The molecule has 1 aromatic carbocycles. The summed E-state index contributed by atoms with van der Waals surface area (Å²) in [5.74, 6) is 0.115. The van der Waals surface area contributed by atoms with Crippen LogP contribution in [0, 0.1) is 10.8 Å². The number of primary amides is 1. The Morgan fingerprint density at radius 1 is 1.40 bits per heavy atom. The van der Waals surface area contributed by atoms with Crippen molar-refractivity contribution in [3.05, 3.63) is 39.8 Å². The lowest BCUT2D eigenvalue weighted by Crippen LogP contribution is -2.41. The zero-order valence-corrected chi connectivity index (χ0v) is 15.8. The predicted molar refractivity (Wildman–Crippen MR) is 100 cm³/mol. The Kier molecular flexibility index (Phi) is 7.12. The molecule has 0 aromatic heterocycles. The number of hydrogen-bond donors (Lipinski definition) is 2. The fourth-order valence-electron chi connectivity index (χ4n) is 3.56. The van der Waals surface area contributed by atoms with E-state index in [4.69, 9.17) is 5.73 Å². The molecule has 5 heteroatoms. The molecule has 0 radical (unpaired) electrons. The summed E-state index contributed by atoms with van der Waals surface area (Å²) in [7, 11) is 0. The normalized spacial score (nSPS) is 18.2. The van der Waals surface area contributed by atoms with Gasteiger partial charge in [-0.2, -0.15) is 0 Å². The quantitative estimate of drug-likeness (QED) is 0.674. The number of carbonyl (C=O) groups excluding carboxylic acids is 1. The van der Waals surface area contributed by atoms with E-state index in [0.717, 1.165) is 37.7 Å². The summed E-state index contributed by atoms with van der Waals surface area (Å²) in [4.78, 5) is 23.8. The Balaban J connectivity index is 2.07. The van der Waals surface area contributed by atoms with Gasteiger partial charge in [0.1, 0.15) is 0 Å². The molecule has 0 saturated heterocycles. The lowest BCUT2D eigenvalue weighted by Gasteiger charge is -2.21. The Morgan fingerprint density at radius 2 is 2.16 bits per heavy atom. The van der Waals surface area contributed by atoms with Crippen molar-refractivity contribution < 1.29 is 9.55 Å². The van der Waals surface area contributed by atoms with Gasteiger partial charge in [0.25, 0.3) is 0 Å². The van der Waals surface area contributed by atoms with Gasteiger partial charge in [-0.25, -0.2) is 0 Å². The van der Waals surface area contributed by atoms with Crippen LogP contribution in [0.25, 0.3) is 0 Å². The van der Waals surface area contributed by atoms with Gasteiger partial charge in [-0.3, -0.25) is 4.79 Å². The molecule has 2 atom stereocenters. The topological polar surface area (TPSA) is 75.2 Å². The molecule has 3 N–H and O–H groups in total. The minimum atomic E-state index is -0.300. The molecule has 0 spiro atoms. The number of hydrogen-bond acceptors (Lipinski definition) is 3. The van der Waals surface area contributed by atoms with E-state index in [9.17, 15) is 9.70 Å². The largest absolute Gasteiger partial charge is 0.368 e. The van der Waals surface area contributed by atoms with E-state index >= 15 is 0 Å². The highest BCUT2D eigenvalue weighted by molar-refractivity contribution is 5.79. The molecule has 0 aliphatic carbocycles. The third kappa shape index (κ3) is 5.36. The molecule has 0 bridgehead atoms. The third-order valence-corrected chi connectivity index (χ3v) is 4.95. The third-order valence-electron chi connectivity index (χ3n) is 4.95. The van der Waals surface area contributed by atoms with Gasteiger partial charge >= 0.3 is 0 Å². The first-order valence-corrected chi connectivity index (χ1v) is 9.50. The summed E-state index contributed by atoms with van der Waals surface area (Å²) >= 11 is 0. The van der Waals surface area contributed by atoms with Gasteiger partial charge in [0.2, 0.25) is 11.9 Å². The van der Waals surface area contributed by atoms with Crippen LogP contribution in [0.2, 0.25) is 0 Å². The molecule has 0 saturated carbocycles. The second kappa shape index (κ2) is 9.09. The smallest absolute Gasteiger partial charge is 0.234 e. The van der Waals surface area contributed by atoms with E-state index in [1.165, 1.54) is 15.9 Å². The van der Waals surface area contributed by atoms with Gasteiger partial charge < -0.3 is 11.1 Å². The van der Waals surface area contributed by atoms with Crippen LogP contribution < -0.4 is 11.1 Å². The number of benzene rings is 1. The maximum absolute atomic E-state index is 12.2. The fourth-order valence-corrected chi connectivity index (χ4v) is 3.56. The fraction of sp³-hybridized carbons (Fsp3) is 0.650. The number of fused-ring (bicyclic) bond motifs is 1. The predicted octanol–water partition coefficient (Wildman–Crippen LogP) is 3.24. The van der Waals surface area contributed by atoms with Gasteiger partial charge in [-0.15, -0.1) is 0 Å². The van der Waals surface area contributed by atoms with E-state index in [-0.39, 0.29) is 18.0 Å². The Morgan fingerprint density at radius 3 is 2.80 bits per heavy atom. The summed E-state index contributed by atoms with van der Waals surface area (Å²) in [5, 5.41) is 3.28. The summed E-state index contributed by atoms with van der Waals surface area (Å²) in [6.45, 7) is 7.51. The highest BCUT2D eigenvalue weighted by Gasteiger charge is 2.33. The van der Waals surface area contributed by atoms with E-state index < -0.39 is 0 Å².